The molecule has 1 aliphatic carbocycles. The highest BCUT2D eigenvalue weighted by molar-refractivity contribution is 5.87. The molecule has 1 heterocycles. The Bertz CT molecular complexity index is 1080. The summed E-state index contributed by atoms with van der Waals surface area (Å²) in [5.41, 5.74) is 3.63. The minimum Gasteiger partial charge on any atom is -0.490 e. The first-order valence-electron chi connectivity index (χ1n) is 10.6. The lowest BCUT2D eigenvalue weighted by Gasteiger charge is -2.22. The molecule has 0 aliphatic heterocycles. The van der Waals surface area contributed by atoms with Gasteiger partial charge in [0.05, 0.1) is 0 Å². The second-order valence-corrected chi connectivity index (χ2v) is 8.14. The van der Waals surface area contributed by atoms with Crippen LogP contribution in [0.25, 0.3) is 22.3 Å². The summed E-state index contributed by atoms with van der Waals surface area (Å²) >= 11 is 0. The molecule has 3 atom stereocenters. The van der Waals surface area contributed by atoms with Crippen molar-refractivity contribution in [2.24, 2.45) is 5.92 Å². The van der Waals surface area contributed by atoms with Gasteiger partial charge >= 0.3 is 5.97 Å². The Balaban J connectivity index is 1.51. The number of ether oxygens (including phenoxy) is 2. The SMILES string of the molecule is C=C(C)C(=O)OC1CCC(Oc2ccc3cc(-c4ccccc4CC)oc3c2)C1C. The van der Waals surface area contributed by atoms with Crippen molar-refractivity contribution in [3.8, 4) is 17.1 Å². The highest BCUT2D eigenvalue weighted by Crippen LogP contribution is 2.35. The first-order valence-corrected chi connectivity index (χ1v) is 10.6. The summed E-state index contributed by atoms with van der Waals surface area (Å²) in [5.74, 6) is 1.44. The van der Waals surface area contributed by atoms with E-state index in [1.807, 2.05) is 24.3 Å². The third kappa shape index (κ3) is 4.00. The van der Waals surface area contributed by atoms with Gasteiger partial charge < -0.3 is 13.9 Å². The molecule has 4 rings (SSSR count). The molecular formula is C26H28O4. The predicted molar refractivity (Wildman–Crippen MR) is 119 cm³/mol. The van der Waals surface area contributed by atoms with Crippen LogP contribution in [0.2, 0.25) is 0 Å². The van der Waals surface area contributed by atoms with Crippen LogP contribution in [0.1, 0.15) is 39.2 Å². The quantitative estimate of drug-likeness (QED) is 0.356. The van der Waals surface area contributed by atoms with E-state index in [4.69, 9.17) is 13.9 Å². The van der Waals surface area contributed by atoms with Crippen LogP contribution in [-0.4, -0.2) is 18.2 Å². The molecule has 3 aromatic rings. The van der Waals surface area contributed by atoms with E-state index in [0.29, 0.717) is 5.57 Å². The van der Waals surface area contributed by atoms with E-state index in [2.05, 4.69) is 44.7 Å². The largest absolute Gasteiger partial charge is 0.490 e. The van der Waals surface area contributed by atoms with E-state index in [9.17, 15) is 4.79 Å². The molecule has 2 aromatic carbocycles. The lowest BCUT2D eigenvalue weighted by molar-refractivity contribution is -0.146. The number of benzene rings is 2. The third-order valence-corrected chi connectivity index (χ3v) is 5.96. The number of esters is 1. The van der Waals surface area contributed by atoms with Crippen molar-refractivity contribution in [3.63, 3.8) is 0 Å². The molecule has 4 nitrogen and oxygen atoms in total. The summed E-state index contributed by atoms with van der Waals surface area (Å²) in [6.07, 6.45) is 2.47. The Kier molecular flexibility index (Phi) is 5.67. The summed E-state index contributed by atoms with van der Waals surface area (Å²) in [6.45, 7) is 9.54. The maximum atomic E-state index is 11.8. The van der Waals surface area contributed by atoms with E-state index >= 15 is 0 Å². The van der Waals surface area contributed by atoms with Crippen LogP contribution in [0.4, 0.5) is 0 Å². The van der Waals surface area contributed by atoms with Crippen molar-refractivity contribution in [1.29, 1.82) is 0 Å². The maximum Gasteiger partial charge on any atom is 0.333 e. The molecule has 0 N–H and O–H groups in total. The Morgan fingerprint density at radius 1 is 1.13 bits per heavy atom. The number of hydrogen-bond donors (Lipinski definition) is 0. The second kappa shape index (κ2) is 8.39. The zero-order valence-electron chi connectivity index (χ0n) is 17.8. The summed E-state index contributed by atoms with van der Waals surface area (Å²) in [7, 11) is 0. The Labute approximate surface area is 177 Å². The van der Waals surface area contributed by atoms with Gasteiger partial charge in [-0.15, -0.1) is 0 Å². The zero-order chi connectivity index (χ0) is 21.3. The molecule has 3 unspecified atom stereocenters. The summed E-state index contributed by atoms with van der Waals surface area (Å²) in [5, 5.41) is 1.05. The Morgan fingerprint density at radius 3 is 2.67 bits per heavy atom. The lowest BCUT2D eigenvalue weighted by atomic mass is 10.0. The molecule has 0 radical (unpaired) electrons. The van der Waals surface area contributed by atoms with Crippen molar-refractivity contribution < 1.29 is 18.7 Å². The molecule has 4 heteroatoms. The topological polar surface area (TPSA) is 48.7 Å². The van der Waals surface area contributed by atoms with Gasteiger partial charge in [-0.3, -0.25) is 0 Å². The molecular weight excluding hydrogens is 376 g/mol. The monoisotopic (exact) mass is 404 g/mol. The highest BCUT2D eigenvalue weighted by atomic mass is 16.5. The fourth-order valence-electron chi connectivity index (χ4n) is 4.13. The molecule has 1 aliphatic rings. The van der Waals surface area contributed by atoms with Crippen LogP contribution in [-0.2, 0) is 16.0 Å². The van der Waals surface area contributed by atoms with Gasteiger partial charge in [0.2, 0.25) is 0 Å². The molecule has 0 saturated heterocycles. The summed E-state index contributed by atoms with van der Waals surface area (Å²) < 4.78 is 18.0. The van der Waals surface area contributed by atoms with E-state index < -0.39 is 0 Å². The van der Waals surface area contributed by atoms with Crippen LogP contribution in [0.15, 0.2) is 65.1 Å². The van der Waals surface area contributed by atoms with E-state index in [1.165, 1.54) is 5.56 Å². The van der Waals surface area contributed by atoms with Crippen LogP contribution in [0.5, 0.6) is 5.75 Å². The van der Waals surface area contributed by atoms with Gasteiger partial charge in [0.1, 0.15) is 29.3 Å². The van der Waals surface area contributed by atoms with Gasteiger partial charge in [0.15, 0.2) is 0 Å². The average Bonchev–Trinajstić information content (AvgIpc) is 3.32. The van der Waals surface area contributed by atoms with E-state index in [1.54, 1.807) is 6.92 Å². The lowest BCUT2D eigenvalue weighted by Crippen LogP contribution is -2.28. The van der Waals surface area contributed by atoms with Crippen molar-refractivity contribution in [2.45, 2.75) is 52.2 Å². The van der Waals surface area contributed by atoms with Gasteiger partial charge in [-0.1, -0.05) is 44.7 Å². The first-order chi connectivity index (χ1) is 14.5. The van der Waals surface area contributed by atoms with Crippen LogP contribution in [0.3, 0.4) is 0 Å². The smallest absolute Gasteiger partial charge is 0.333 e. The molecule has 1 saturated carbocycles. The van der Waals surface area contributed by atoms with Crippen molar-refractivity contribution >= 4 is 16.9 Å². The van der Waals surface area contributed by atoms with Crippen molar-refractivity contribution in [2.75, 3.05) is 0 Å². The molecule has 0 bridgehead atoms. The standard InChI is InChI=1S/C26H28O4/c1-5-18-8-6-7-9-21(18)25-14-19-10-11-20(15-24(19)29-25)28-22-12-13-23(17(22)4)30-26(27)16(2)3/h6-11,14-15,17,22-23H,2,5,12-13H2,1,3-4H3. The minimum absolute atomic E-state index is 0.000575. The third-order valence-electron chi connectivity index (χ3n) is 5.96. The minimum atomic E-state index is -0.329. The van der Waals surface area contributed by atoms with Crippen LogP contribution < -0.4 is 4.74 Å². The summed E-state index contributed by atoms with van der Waals surface area (Å²) in [6, 6.07) is 16.4. The number of carbonyl (C=O) groups is 1. The van der Waals surface area contributed by atoms with Gasteiger partial charge in [-0.2, -0.15) is 0 Å². The number of aryl methyl sites for hydroxylation is 1. The zero-order valence-corrected chi connectivity index (χ0v) is 17.8. The Hall–Kier alpha value is -3.01. The fraction of sp³-hybridized carbons (Fsp3) is 0.346. The normalized spacial score (nSPS) is 21.0. The van der Waals surface area contributed by atoms with Gasteiger partial charge in [0, 0.05) is 28.5 Å². The number of hydrogen-bond acceptors (Lipinski definition) is 4. The average molecular weight is 405 g/mol. The van der Waals surface area contributed by atoms with Gasteiger partial charge in [0.25, 0.3) is 0 Å². The number of furan rings is 1. The number of carbonyl (C=O) groups excluding carboxylic acids is 1. The highest BCUT2D eigenvalue weighted by Gasteiger charge is 2.37. The van der Waals surface area contributed by atoms with Crippen molar-refractivity contribution in [1.82, 2.24) is 0 Å². The number of fused-ring (bicyclic) bond motifs is 1. The van der Waals surface area contributed by atoms with E-state index in [0.717, 1.165) is 47.3 Å². The van der Waals surface area contributed by atoms with Gasteiger partial charge in [-0.05, 0) is 49.9 Å². The second-order valence-electron chi connectivity index (χ2n) is 8.14. The predicted octanol–water partition coefficient (Wildman–Crippen LogP) is 6.33. The van der Waals surface area contributed by atoms with Crippen LogP contribution >= 0.6 is 0 Å². The summed E-state index contributed by atoms with van der Waals surface area (Å²) in [4.78, 5) is 11.8. The molecule has 1 fully saturated rings. The van der Waals surface area contributed by atoms with Crippen molar-refractivity contribution in [3.05, 3.63) is 66.2 Å². The van der Waals surface area contributed by atoms with Gasteiger partial charge in [-0.25, -0.2) is 4.79 Å². The fourth-order valence-corrected chi connectivity index (χ4v) is 4.13. The first kappa shape index (κ1) is 20.3. The number of rotatable bonds is 6. The molecule has 30 heavy (non-hydrogen) atoms. The molecule has 0 spiro atoms. The maximum absolute atomic E-state index is 11.8. The van der Waals surface area contributed by atoms with Crippen LogP contribution in [0, 0.1) is 5.92 Å². The molecule has 0 amide bonds. The molecule has 156 valence electrons. The van der Waals surface area contributed by atoms with E-state index in [-0.39, 0.29) is 24.1 Å². The Morgan fingerprint density at radius 2 is 1.90 bits per heavy atom. The molecule has 1 aromatic heterocycles.